The molecular weight excluding hydrogens is 566 g/mol. The first kappa shape index (κ1) is 32.6. The van der Waals surface area contributed by atoms with Gasteiger partial charge in [0.1, 0.15) is 11.6 Å². The molecule has 3 aliphatic heterocycles. The molecule has 2 aromatic carbocycles. The van der Waals surface area contributed by atoms with Gasteiger partial charge in [0.25, 0.3) is 5.91 Å². The van der Waals surface area contributed by atoms with E-state index < -0.39 is 35.1 Å². The Kier molecular flexibility index (Phi) is 9.11. The number of fused-ring (bicyclic) bond motifs is 1. The van der Waals surface area contributed by atoms with Gasteiger partial charge in [-0.3, -0.25) is 14.4 Å². The average Bonchev–Trinajstić information content (AvgIpc) is 3.54. The van der Waals surface area contributed by atoms with Gasteiger partial charge in [-0.25, -0.2) is 0 Å². The largest absolute Gasteiger partial charge is 0.394 e. The van der Waals surface area contributed by atoms with Gasteiger partial charge in [0.15, 0.2) is 0 Å². The Morgan fingerprint density at radius 1 is 1.11 bits per heavy atom. The lowest BCUT2D eigenvalue weighted by molar-refractivity contribution is -0.154. The van der Waals surface area contributed by atoms with Crippen LogP contribution in [0.15, 0.2) is 73.8 Å². The zero-order valence-corrected chi connectivity index (χ0v) is 27.2. The Bertz CT molecular complexity index is 1470. The van der Waals surface area contributed by atoms with Gasteiger partial charge in [-0.2, -0.15) is 0 Å². The Labute approximate surface area is 267 Å². The van der Waals surface area contributed by atoms with Crippen molar-refractivity contribution in [3.8, 4) is 0 Å². The van der Waals surface area contributed by atoms with Crippen molar-refractivity contribution < 1.29 is 24.2 Å². The third-order valence-electron chi connectivity index (χ3n) is 10.4. The minimum Gasteiger partial charge on any atom is -0.394 e. The minimum absolute atomic E-state index is 0.101. The number of aryl methyl sites for hydroxylation is 2. The van der Waals surface area contributed by atoms with E-state index in [0.717, 1.165) is 22.4 Å². The predicted octanol–water partition coefficient (Wildman–Crippen LogP) is 4.82. The van der Waals surface area contributed by atoms with Crippen LogP contribution >= 0.6 is 0 Å². The molecule has 3 heterocycles. The molecular formula is C37H47N3O5. The summed E-state index contributed by atoms with van der Waals surface area (Å²) in [5, 5.41) is 10.5. The Balaban J connectivity index is 1.63. The van der Waals surface area contributed by atoms with E-state index in [1.165, 1.54) is 0 Å². The highest BCUT2D eigenvalue weighted by Crippen LogP contribution is 2.66. The van der Waals surface area contributed by atoms with Crippen molar-refractivity contribution in [2.75, 3.05) is 24.6 Å². The summed E-state index contributed by atoms with van der Waals surface area (Å²) in [5.74, 6) is -2.55. The molecule has 3 unspecified atom stereocenters. The molecule has 0 aromatic heterocycles. The maximum Gasteiger partial charge on any atom is 0.253 e. The summed E-state index contributed by atoms with van der Waals surface area (Å²) in [4.78, 5) is 49.4. The quantitative estimate of drug-likeness (QED) is 0.347. The molecule has 3 saturated heterocycles. The van der Waals surface area contributed by atoms with Gasteiger partial charge in [0, 0.05) is 25.3 Å². The standard InChI is InChI=1S/C37H47N3O5/c1-8-18-38(22-27-14-12-11-13-15-27)33(42)30-31-34(43)40(28(10-3)23-41)32(37(31)21-26(6)36(30,7)45-37)35(44)39(19-9-2)29-20-24(4)16-17-25(29)5/h8-9,11-17,20,26,28,30-32,41H,1-2,10,18-19,21-23H2,3-7H3/t26?,28-,30+,31-,32?,36-,37?/m0/s1. The smallest absolute Gasteiger partial charge is 0.253 e. The summed E-state index contributed by atoms with van der Waals surface area (Å²) in [6, 6.07) is 14.1. The molecule has 8 nitrogen and oxygen atoms in total. The number of aliphatic hydroxyl groups excluding tert-OH is 1. The van der Waals surface area contributed by atoms with Gasteiger partial charge in [0.2, 0.25) is 11.8 Å². The van der Waals surface area contributed by atoms with Crippen LogP contribution in [0.4, 0.5) is 5.69 Å². The first-order valence-corrected chi connectivity index (χ1v) is 16.0. The summed E-state index contributed by atoms with van der Waals surface area (Å²) in [5.41, 5.74) is 1.44. The van der Waals surface area contributed by atoms with Gasteiger partial charge in [0.05, 0.1) is 30.1 Å². The normalized spacial score (nSPS) is 28.9. The molecule has 1 spiro atoms. The molecule has 45 heavy (non-hydrogen) atoms. The first-order chi connectivity index (χ1) is 21.5. The van der Waals surface area contributed by atoms with Gasteiger partial charge >= 0.3 is 0 Å². The van der Waals surface area contributed by atoms with E-state index in [1.54, 1.807) is 26.9 Å². The van der Waals surface area contributed by atoms with Crippen molar-refractivity contribution in [2.24, 2.45) is 17.8 Å². The molecule has 240 valence electrons. The van der Waals surface area contributed by atoms with Crippen molar-refractivity contribution in [3.05, 3.63) is 90.5 Å². The van der Waals surface area contributed by atoms with Gasteiger partial charge in [-0.15, -0.1) is 13.2 Å². The number of hydrogen-bond donors (Lipinski definition) is 1. The fraction of sp³-hybridized carbons (Fsp3) is 0.486. The van der Waals surface area contributed by atoms with Gasteiger partial charge < -0.3 is 24.5 Å². The highest BCUT2D eigenvalue weighted by Gasteiger charge is 2.80. The predicted molar refractivity (Wildman–Crippen MR) is 175 cm³/mol. The number of ether oxygens (including phenoxy) is 1. The van der Waals surface area contributed by atoms with Gasteiger partial charge in [-0.1, -0.05) is 68.5 Å². The van der Waals surface area contributed by atoms with Crippen LogP contribution in [0.3, 0.4) is 0 Å². The molecule has 0 aliphatic carbocycles. The molecule has 2 aromatic rings. The highest BCUT2D eigenvalue weighted by atomic mass is 16.5. The summed E-state index contributed by atoms with van der Waals surface area (Å²) >= 11 is 0. The molecule has 7 atom stereocenters. The number of aliphatic hydroxyl groups is 1. The molecule has 8 heteroatoms. The molecule has 3 aliphatic rings. The second-order valence-electron chi connectivity index (χ2n) is 13.2. The highest BCUT2D eigenvalue weighted by molar-refractivity contribution is 6.05. The number of carbonyl (C=O) groups excluding carboxylic acids is 3. The van der Waals surface area contributed by atoms with Crippen LogP contribution in [-0.4, -0.2) is 75.6 Å². The van der Waals surface area contributed by atoms with Crippen molar-refractivity contribution >= 4 is 23.4 Å². The summed E-state index contributed by atoms with van der Waals surface area (Å²) in [6.45, 7) is 18.2. The summed E-state index contributed by atoms with van der Waals surface area (Å²) in [7, 11) is 0. The van der Waals surface area contributed by atoms with E-state index >= 15 is 0 Å². The van der Waals surface area contributed by atoms with Crippen LogP contribution in [0.25, 0.3) is 0 Å². The van der Waals surface area contributed by atoms with Crippen molar-refractivity contribution in [3.63, 3.8) is 0 Å². The number of likely N-dealkylation sites (tertiary alicyclic amines) is 1. The summed E-state index contributed by atoms with van der Waals surface area (Å²) in [6.07, 6.45) is 4.27. The van der Waals surface area contributed by atoms with Crippen molar-refractivity contribution in [1.29, 1.82) is 0 Å². The second-order valence-corrected chi connectivity index (χ2v) is 13.2. The Hall–Kier alpha value is -3.75. The molecule has 3 amide bonds. The van der Waals surface area contributed by atoms with E-state index in [1.807, 2.05) is 83.1 Å². The topological polar surface area (TPSA) is 90.4 Å². The van der Waals surface area contributed by atoms with Crippen LogP contribution in [0.5, 0.6) is 0 Å². The molecule has 1 N–H and O–H groups in total. The van der Waals surface area contributed by atoms with Crippen molar-refractivity contribution in [2.45, 2.75) is 77.3 Å². The number of anilines is 1. The lowest BCUT2D eigenvalue weighted by Gasteiger charge is -2.39. The maximum atomic E-state index is 15.0. The zero-order valence-electron chi connectivity index (χ0n) is 27.2. The number of nitrogens with zero attached hydrogens (tertiary/aromatic N) is 3. The second kappa shape index (κ2) is 12.6. The van der Waals surface area contributed by atoms with E-state index in [0.29, 0.717) is 25.9 Å². The number of hydrogen-bond acceptors (Lipinski definition) is 5. The van der Waals surface area contributed by atoms with E-state index in [-0.39, 0.29) is 36.8 Å². The van der Waals surface area contributed by atoms with Crippen LogP contribution in [0.2, 0.25) is 0 Å². The monoisotopic (exact) mass is 613 g/mol. The SMILES string of the molecule is C=CCN(Cc1ccccc1)C(=O)[C@H]1[C@H]2C(=O)N([C@@H](CC)CO)C(C(=O)N(CC=C)c3cc(C)ccc3C)C23CC(C)[C@]1(C)O3. The lowest BCUT2D eigenvalue weighted by atomic mass is 9.62. The fourth-order valence-corrected chi connectivity index (χ4v) is 8.12. The number of amides is 3. The molecule has 3 fully saturated rings. The molecule has 0 radical (unpaired) electrons. The lowest BCUT2D eigenvalue weighted by Crippen LogP contribution is -2.59. The van der Waals surface area contributed by atoms with Gasteiger partial charge in [-0.05, 0) is 62.3 Å². The van der Waals surface area contributed by atoms with E-state index in [4.69, 9.17) is 4.74 Å². The third kappa shape index (κ3) is 5.22. The van der Waals surface area contributed by atoms with Crippen LogP contribution in [0.1, 0.15) is 50.3 Å². The molecule has 2 bridgehead atoms. The van der Waals surface area contributed by atoms with E-state index in [9.17, 15) is 19.5 Å². The number of carbonyl (C=O) groups is 3. The van der Waals surface area contributed by atoms with Crippen LogP contribution in [-0.2, 0) is 25.7 Å². The summed E-state index contributed by atoms with van der Waals surface area (Å²) < 4.78 is 7.00. The Morgan fingerprint density at radius 2 is 1.80 bits per heavy atom. The average molecular weight is 614 g/mol. The molecule has 5 rings (SSSR count). The zero-order chi connectivity index (χ0) is 32.7. The Morgan fingerprint density at radius 3 is 2.42 bits per heavy atom. The van der Waals surface area contributed by atoms with Crippen LogP contribution < -0.4 is 4.90 Å². The fourth-order valence-electron chi connectivity index (χ4n) is 8.12. The van der Waals surface area contributed by atoms with Crippen LogP contribution in [0, 0.1) is 31.6 Å². The minimum atomic E-state index is -1.23. The molecule has 0 saturated carbocycles. The third-order valence-corrected chi connectivity index (χ3v) is 10.4. The number of benzene rings is 2. The van der Waals surface area contributed by atoms with E-state index in [2.05, 4.69) is 13.2 Å². The number of rotatable bonds is 12. The maximum absolute atomic E-state index is 15.0. The van der Waals surface area contributed by atoms with Crippen molar-refractivity contribution in [1.82, 2.24) is 9.80 Å². The first-order valence-electron chi connectivity index (χ1n) is 16.0.